The summed E-state index contributed by atoms with van der Waals surface area (Å²) in [5.74, 6) is -0.0343. The van der Waals surface area contributed by atoms with Crippen molar-refractivity contribution in [3.63, 3.8) is 0 Å². The van der Waals surface area contributed by atoms with Gasteiger partial charge in [-0.05, 0) is 47.1 Å². The van der Waals surface area contributed by atoms with Crippen molar-refractivity contribution in [3.05, 3.63) is 43.2 Å². The van der Waals surface area contributed by atoms with Crippen LogP contribution in [0.15, 0.2) is 16.6 Å². The van der Waals surface area contributed by atoms with Crippen LogP contribution in [-0.2, 0) is 13.0 Å². The number of hydrogen-bond donors (Lipinski definition) is 3. The van der Waals surface area contributed by atoms with Gasteiger partial charge in [0, 0.05) is 28.6 Å². The number of fused-ring (bicyclic) bond motifs is 3. The first kappa shape index (κ1) is 16.2. The number of hydrogen-bond acceptors (Lipinski definition) is 5. The number of halogens is 2. The molecule has 2 aliphatic heterocycles. The van der Waals surface area contributed by atoms with E-state index in [1.165, 1.54) is 4.88 Å². The number of carbonyl (C=O) groups is 1. The number of rotatable bonds is 1. The number of anilines is 1. The topological polar surface area (TPSA) is 64.6 Å². The van der Waals surface area contributed by atoms with Crippen LogP contribution >= 0.6 is 38.9 Å². The van der Waals surface area contributed by atoms with E-state index < -0.39 is 6.17 Å². The average Bonchev–Trinajstić information content (AvgIpc) is 2.88. The molecule has 0 spiro atoms. The molecule has 5 nitrogen and oxygen atoms in total. The summed E-state index contributed by atoms with van der Waals surface area (Å²) in [7, 11) is 2.08. The Morgan fingerprint density at radius 3 is 3.00 bits per heavy atom. The van der Waals surface area contributed by atoms with Gasteiger partial charge in [-0.1, -0.05) is 11.6 Å². The predicted molar refractivity (Wildman–Crippen MR) is 99.0 cm³/mol. The summed E-state index contributed by atoms with van der Waals surface area (Å²) in [5.41, 5.74) is 2.44. The van der Waals surface area contributed by atoms with Crippen LogP contribution in [0.25, 0.3) is 0 Å². The van der Waals surface area contributed by atoms with Crippen LogP contribution in [0.5, 0.6) is 5.75 Å². The van der Waals surface area contributed by atoms with Crippen LogP contribution in [0.3, 0.4) is 0 Å². The maximum absolute atomic E-state index is 12.7. The summed E-state index contributed by atoms with van der Waals surface area (Å²) >= 11 is 11.0. The molecule has 8 heteroatoms. The minimum Gasteiger partial charge on any atom is -0.506 e. The lowest BCUT2D eigenvalue weighted by atomic mass is 10.0. The van der Waals surface area contributed by atoms with Crippen molar-refractivity contribution >= 4 is 49.8 Å². The highest BCUT2D eigenvalue weighted by molar-refractivity contribution is 9.10. The van der Waals surface area contributed by atoms with E-state index in [9.17, 15) is 9.90 Å². The van der Waals surface area contributed by atoms with Gasteiger partial charge in [-0.15, -0.1) is 11.3 Å². The van der Waals surface area contributed by atoms with Crippen LogP contribution in [0.2, 0.25) is 5.02 Å². The summed E-state index contributed by atoms with van der Waals surface area (Å²) in [6, 6.07) is 3.28. The lowest BCUT2D eigenvalue weighted by Crippen LogP contribution is -2.38. The van der Waals surface area contributed by atoms with Crippen molar-refractivity contribution in [3.8, 4) is 5.75 Å². The number of nitrogens with one attached hydrogen (secondary N) is 2. The van der Waals surface area contributed by atoms with Gasteiger partial charge in [0.05, 0.1) is 10.0 Å². The Labute approximate surface area is 156 Å². The van der Waals surface area contributed by atoms with E-state index in [2.05, 4.69) is 38.5 Å². The molecule has 0 bridgehead atoms. The van der Waals surface area contributed by atoms with Crippen molar-refractivity contribution in [2.45, 2.75) is 19.1 Å². The molecule has 1 aromatic carbocycles. The predicted octanol–water partition coefficient (Wildman–Crippen LogP) is 3.71. The summed E-state index contributed by atoms with van der Waals surface area (Å²) in [4.78, 5) is 16.2. The molecule has 3 N–H and O–H groups in total. The molecule has 2 aromatic rings. The van der Waals surface area contributed by atoms with Gasteiger partial charge >= 0.3 is 0 Å². The number of phenols is 1. The van der Waals surface area contributed by atoms with Gasteiger partial charge in [-0.2, -0.15) is 0 Å². The third-order valence-corrected chi connectivity index (χ3v) is 6.37. The molecule has 3 heterocycles. The molecule has 0 saturated heterocycles. The highest BCUT2D eigenvalue weighted by atomic mass is 79.9. The average molecular weight is 429 g/mol. The van der Waals surface area contributed by atoms with Gasteiger partial charge in [-0.3, -0.25) is 4.79 Å². The highest BCUT2D eigenvalue weighted by Gasteiger charge is 2.33. The maximum atomic E-state index is 12.7. The van der Waals surface area contributed by atoms with Crippen LogP contribution in [-0.4, -0.2) is 29.5 Å². The van der Waals surface area contributed by atoms with Crippen molar-refractivity contribution < 1.29 is 9.90 Å². The zero-order valence-electron chi connectivity index (χ0n) is 12.8. The minimum absolute atomic E-state index is 0.0710. The summed E-state index contributed by atoms with van der Waals surface area (Å²) in [6.07, 6.45) is 0.364. The first-order valence-corrected chi connectivity index (χ1v) is 9.51. The lowest BCUT2D eigenvalue weighted by Gasteiger charge is -2.28. The van der Waals surface area contributed by atoms with Gasteiger partial charge in [0.1, 0.15) is 16.9 Å². The van der Waals surface area contributed by atoms with Crippen LogP contribution in [0.4, 0.5) is 5.00 Å². The van der Waals surface area contributed by atoms with E-state index in [0.717, 1.165) is 35.6 Å². The smallest absolute Gasteiger partial charge is 0.256 e. The normalized spacial score (nSPS) is 20.1. The van der Waals surface area contributed by atoms with Crippen molar-refractivity contribution in [2.24, 2.45) is 0 Å². The fourth-order valence-corrected chi connectivity index (χ4v) is 5.39. The molecule has 0 radical (unpaired) electrons. The molecule has 0 aliphatic carbocycles. The van der Waals surface area contributed by atoms with Gasteiger partial charge < -0.3 is 20.6 Å². The molecule has 0 saturated carbocycles. The quantitative estimate of drug-likeness (QED) is 0.648. The van der Waals surface area contributed by atoms with Crippen molar-refractivity contribution in [2.75, 3.05) is 18.9 Å². The fourth-order valence-electron chi connectivity index (χ4n) is 3.20. The van der Waals surface area contributed by atoms with Crippen molar-refractivity contribution in [1.82, 2.24) is 10.2 Å². The van der Waals surface area contributed by atoms with Crippen LogP contribution in [0.1, 0.15) is 32.5 Å². The first-order valence-electron chi connectivity index (χ1n) is 7.52. The Morgan fingerprint density at radius 2 is 2.21 bits per heavy atom. The number of thiophene rings is 1. The number of carbonyl (C=O) groups excluding carboxylic acids is 1. The second-order valence-corrected chi connectivity index (χ2v) is 8.47. The molecule has 2 aliphatic rings. The largest absolute Gasteiger partial charge is 0.506 e. The molecule has 126 valence electrons. The molecule has 1 aromatic heterocycles. The summed E-state index contributed by atoms with van der Waals surface area (Å²) in [5, 5.41) is 17.9. The minimum atomic E-state index is -0.516. The van der Waals surface area contributed by atoms with E-state index in [1.807, 2.05) is 0 Å². The highest BCUT2D eigenvalue weighted by Crippen LogP contribution is 2.43. The summed E-state index contributed by atoms with van der Waals surface area (Å²) < 4.78 is 0.499. The first-order chi connectivity index (χ1) is 11.4. The van der Waals surface area contributed by atoms with Gasteiger partial charge in [-0.25, -0.2) is 0 Å². The van der Waals surface area contributed by atoms with E-state index >= 15 is 0 Å². The van der Waals surface area contributed by atoms with Crippen molar-refractivity contribution in [1.29, 1.82) is 0 Å². The Kier molecular flexibility index (Phi) is 3.99. The van der Waals surface area contributed by atoms with E-state index in [4.69, 9.17) is 11.6 Å². The lowest BCUT2D eigenvalue weighted by molar-refractivity contribution is 0.0934. The third-order valence-electron chi connectivity index (χ3n) is 4.39. The molecule has 1 atom stereocenters. The Bertz CT molecular complexity index is 854. The molecular formula is C16H15BrClN3O2S. The van der Waals surface area contributed by atoms with Gasteiger partial charge in [0.25, 0.3) is 5.91 Å². The third kappa shape index (κ3) is 2.60. The standard InChI is InChI=1S/C16H15BrClN3O2S/c1-21-3-2-8-11(6-21)24-16-12(8)15(23)19-14(20-16)9-4-7(18)5-10(17)13(9)22/h4-5,14,20,22H,2-3,6H2,1H3,(H,19,23)/t14-/m1/s1. The molecule has 0 fully saturated rings. The molecular weight excluding hydrogens is 414 g/mol. The fraction of sp³-hybridized carbons (Fsp3) is 0.312. The van der Waals surface area contributed by atoms with Gasteiger partial charge in [0.15, 0.2) is 0 Å². The number of nitrogens with zero attached hydrogens (tertiary/aromatic N) is 1. The Hall–Kier alpha value is -1.28. The molecule has 1 amide bonds. The zero-order chi connectivity index (χ0) is 17.0. The Morgan fingerprint density at radius 1 is 1.42 bits per heavy atom. The number of aromatic hydroxyl groups is 1. The SMILES string of the molecule is CN1CCc2c(sc3c2C(=O)N[C@@H](c2cc(Cl)cc(Br)c2O)N3)C1. The van der Waals surface area contributed by atoms with Crippen LogP contribution < -0.4 is 10.6 Å². The van der Waals surface area contributed by atoms with E-state index in [-0.39, 0.29) is 11.7 Å². The van der Waals surface area contributed by atoms with Gasteiger partial charge in [0.2, 0.25) is 0 Å². The second-order valence-electron chi connectivity index (χ2n) is 6.07. The zero-order valence-corrected chi connectivity index (χ0v) is 16.0. The number of phenolic OH excluding ortho intramolecular Hbond substituents is 1. The summed E-state index contributed by atoms with van der Waals surface area (Å²) in [6.45, 7) is 1.81. The second kappa shape index (κ2) is 5.91. The number of benzene rings is 1. The van der Waals surface area contributed by atoms with Crippen LogP contribution in [0, 0.1) is 0 Å². The van der Waals surface area contributed by atoms with E-state index in [0.29, 0.717) is 15.1 Å². The molecule has 0 unspecified atom stereocenters. The number of likely N-dealkylation sites (N-methyl/N-ethyl adjacent to an activating group) is 1. The Balaban J connectivity index is 1.74. The van der Waals surface area contributed by atoms with E-state index in [1.54, 1.807) is 23.5 Å². The molecule has 4 rings (SSSR count). The molecule has 24 heavy (non-hydrogen) atoms. The monoisotopic (exact) mass is 427 g/mol. The maximum Gasteiger partial charge on any atom is 0.256 e. The number of amides is 1.